The van der Waals surface area contributed by atoms with Gasteiger partial charge in [-0.25, -0.2) is 0 Å². The van der Waals surface area contributed by atoms with E-state index in [1.54, 1.807) is 4.80 Å². The van der Waals surface area contributed by atoms with Crippen LogP contribution in [0.15, 0.2) is 42.5 Å². The molecule has 4 aromatic rings. The molecule has 0 aliphatic rings. The van der Waals surface area contributed by atoms with Gasteiger partial charge in [0.15, 0.2) is 0 Å². The number of benzene rings is 2. The van der Waals surface area contributed by atoms with Crippen LogP contribution in [0, 0.1) is 0 Å². The molecule has 0 spiro atoms. The maximum atomic E-state index is 4.42. The minimum absolute atomic E-state index is 0.800. The standard InChI is InChI=1S/C12H8N6/c1-2-4-11-10(3-1)15-18(16-11)8-5-6-9-12(7-8)14-17-13-9/h1-7H,(H,13,14,17). The van der Waals surface area contributed by atoms with Crippen molar-refractivity contribution in [1.82, 2.24) is 30.4 Å². The van der Waals surface area contributed by atoms with Gasteiger partial charge in [0.1, 0.15) is 22.1 Å². The van der Waals surface area contributed by atoms with Crippen LogP contribution in [0.1, 0.15) is 0 Å². The van der Waals surface area contributed by atoms with E-state index in [0.29, 0.717) is 0 Å². The third-order valence-corrected chi connectivity index (χ3v) is 2.82. The lowest BCUT2D eigenvalue weighted by Crippen LogP contribution is -1.97. The summed E-state index contributed by atoms with van der Waals surface area (Å²) in [6.45, 7) is 0. The molecule has 1 N–H and O–H groups in total. The Bertz CT molecular complexity index is 811. The molecule has 0 bridgehead atoms. The van der Waals surface area contributed by atoms with Crippen molar-refractivity contribution in [3.63, 3.8) is 0 Å². The van der Waals surface area contributed by atoms with Crippen molar-refractivity contribution in [1.29, 1.82) is 0 Å². The van der Waals surface area contributed by atoms with Crippen molar-refractivity contribution >= 4 is 22.1 Å². The second-order valence-corrected chi connectivity index (χ2v) is 3.97. The lowest BCUT2D eigenvalue weighted by molar-refractivity contribution is 0.766. The van der Waals surface area contributed by atoms with E-state index in [4.69, 9.17) is 0 Å². The van der Waals surface area contributed by atoms with Crippen LogP contribution in [0.3, 0.4) is 0 Å². The molecule has 0 amide bonds. The zero-order valence-electron chi connectivity index (χ0n) is 9.28. The van der Waals surface area contributed by atoms with Crippen LogP contribution in [-0.2, 0) is 0 Å². The highest BCUT2D eigenvalue weighted by molar-refractivity contribution is 5.77. The van der Waals surface area contributed by atoms with Crippen LogP contribution in [0.25, 0.3) is 27.8 Å². The van der Waals surface area contributed by atoms with Gasteiger partial charge in [-0.2, -0.15) is 20.2 Å². The minimum Gasteiger partial charge on any atom is -0.197 e. The van der Waals surface area contributed by atoms with Gasteiger partial charge >= 0.3 is 0 Å². The van der Waals surface area contributed by atoms with Crippen LogP contribution in [0.2, 0.25) is 0 Å². The van der Waals surface area contributed by atoms with Gasteiger partial charge in [0, 0.05) is 0 Å². The number of nitrogens with one attached hydrogen (secondary N) is 1. The largest absolute Gasteiger partial charge is 0.197 e. The second kappa shape index (κ2) is 3.36. The number of hydrogen-bond donors (Lipinski definition) is 1. The van der Waals surface area contributed by atoms with Crippen molar-refractivity contribution in [2.24, 2.45) is 0 Å². The smallest absolute Gasteiger partial charge is 0.115 e. The van der Waals surface area contributed by atoms with E-state index in [0.717, 1.165) is 27.8 Å². The molecule has 6 heteroatoms. The molecular formula is C12H8N6. The molecular weight excluding hydrogens is 228 g/mol. The molecule has 0 saturated heterocycles. The molecule has 2 aromatic carbocycles. The highest BCUT2D eigenvalue weighted by Gasteiger charge is 2.05. The average Bonchev–Trinajstić information content (AvgIpc) is 3.04. The molecule has 86 valence electrons. The van der Waals surface area contributed by atoms with E-state index in [9.17, 15) is 0 Å². The Morgan fingerprint density at radius 3 is 2.28 bits per heavy atom. The molecule has 0 aliphatic carbocycles. The monoisotopic (exact) mass is 236 g/mol. The molecule has 2 aromatic heterocycles. The van der Waals surface area contributed by atoms with Crippen LogP contribution in [0.4, 0.5) is 0 Å². The fraction of sp³-hybridized carbons (Fsp3) is 0. The van der Waals surface area contributed by atoms with Gasteiger partial charge in [-0.3, -0.25) is 0 Å². The zero-order valence-corrected chi connectivity index (χ0v) is 9.28. The molecule has 0 unspecified atom stereocenters. The highest BCUT2D eigenvalue weighted by atomic mass is 15.5. The molecule has 6 nitrogen and oxygen atoms in total. The Kier molecular flexibility index (Phi) is 1.74. The first-order valence-corrected chi connectivity index (χ1v) is 5.53. The maximum Gasteiger partial charge on any atom is 0.115 e. The Morgan fingerprint density at radius 2 is 1.50 bits per heavy atom. The second-order valence-electron chi connectivity index (χ2n) is 3.97. The van der Waals surface area contributed by atoms with Gasteiger partial charge in [0.25, 0.3) is 0 Å². The quantitative estimate of drug-likeness (QED) is 0.546. The van der Waals surface area contributed by atoms with Crippen LogP contribution in [-0.4, -0.2) is 30.4 Å². The molecule has 0 aliphatic heterocycles. The number of nitrogens with zero attached hydrogens (tertiary/aromatic N) is 5. The molecule has 18 heavy (non-hydrogen) atoms. The Labute approximate surface area is 101 Å². The molecule has 0 saturated carbocycles. The summed E-state index contributed by atoms with van der Waals surface area (Å²) in [5.74, 6) is 0. The number of H-pyrrole nitrogens is 1. The first kappa shape index (κ1) is 9.29. The summed E-state index contributed by atoms with van der Waals surface area (Å²) < 4.78 is 0. The van der Waals surface area contributed by atoms with E-state index in [1.165, 1.54) is 0 Å². The summed E-state index contributed by atoms with van der Waals surface area (Å²) in [5, 5.41) is 19.5. The molecule has 2 heterocycles. The third-order valence-electron chi connectivity index (χ3n) is 2.82. The first-order chi connectivity index (χ1) is 8.90. The molecule has 4 rings (SSSR count). The Hall–Kier alpha value is -2.76. The van der Waals surface area contributed by atoms with E-state index in [-0.39, 0.29) is 0 Å². The van der Waals surface area contributed by atoms with Crippen molar-refractivity contribution in [3.05, 3.63) is 42.5 Å². The number of fused-ring (bicyclic) bond motifs is 2. The lowest BCUT2D eigenvalue weighted by Gasteiger charge is -1.97. The van der Waals surface area contributed by atoms with Gasteiger partial charge in [-0.1, -0.05) is 12.1 Å². The van der Waals surface area contributed by atoms with Gasteiger partial charge in [0.2, 0.25) is 0 Å². The highest BCUT2D eigenvalue weighted by Crippen LogP contribution is 2.15. The SMILES string of the molecule is c1ccc2nn(-c3ccc4n[nH]nc4c3)nc2c1. The number of aromatic amines is 1. The van der Waals surface area contributed by atoms with Gasteiger partial charge in [-0.05, 0) is 30.3 Å². The summed E-state index contributed by atoms with van der Waals surface area (Å²) in [5.41, 5.74) is 4.24. The number of rotatable bonds is 1. The normalized spacial score (nSPS) is 11.3. The Balaban J connectivity index is 1.94. The predicted octanol–water partition coefficient (Wildman–Crippen LogP) is 1.69. The first-order valence-electron chi connectivity index (χ1n) is 5.53. The fourth-order valence-corrected chi connectivity index (χ4v) is 1.93. The Morgan fingerprint density at radius 1 is 0.778 bits per heavy atom. The molecule has 0 atom stereocenters. The van der Waals surface area contributed by atoms with E-state index in [2.05, 4.69) is 25.6 Å². The van der Waals surface area contributed by atoms with E-state index < -0.39 is 0 Å². The van der Waals surface area contributed by atoms with Crippen LogP contribution >= 0.6 is 0 Å². The molecule has 0 fully saturated rings. The maximum absolute atomic E-state index is 4.42. The third kappa shape index (κ3) is 1.29. The number of hydrogen-bond acceptors (Lipinski definition) is 4. The van der Waals surface area contributed by atoms with E-state index in [1.807, 2.05) is 42.5 Å². The summed E-state index contributed by atoms with van der Waals surface area (Å²) in [6.07, 6.45) is 0. The minimum atomic E-state index is 0.800. The van der Waals surface area contributed by atoms with Crippen molar-refractivity contribution < 1.29 is 0 Å². The van der Waals surface area contributed by atoms with Gasteiger partial charge < -0.3 is 0 Å². The van der Waals surface area contributed by atoms with Gasteiger partial charge in [-0.15, -0.1) is 10.2 Å². The summed E-state index contributed by atoms with van der Waals surface area (Å²) in [7, 11) is 0. The zero-order chi connectivity index (χ0) is 11.9. The summed E-state index contributed by atoms with van der Waals surface area (Å²) in [6, 6.07) is 13.5. The summed E-state index contributed by atoms with van der Waals surface area (Å²) >= 11 is 0. The predicted molar refractivity (Wildman–Crippen MR) is 66.3 cm³/mol. The van der Waals surface area contributed by atoms with Gasteiger partial charge in [0.05, 0.1) is 5.69 Å². The number of aromatic nitrogens is 6. The van der Waals surface area contributed by atoms with Crippen LogP contribution < -0.4 is 0 Å². The lowest BCUT2D eigenvalue weighted by atomic mass is 10.3. The van der Waals surface area contributed by atoms with Crippen molar-refractivity contribution in [2.45, 2.75) is 0 Å². The topological polar surface area (TPSA) is 72.3 Å². The van der Waals surface area contributed by atoms with Crippen molar-refractivity contribution in [2.75, 3.05) is 0 Å². The van der Waals surface area contributed by atoms with Crippen LogP contribution in [0.5, 0.6) is 0 Å². The van der Waals surface area contributed by atoms with E-state index >= 15 is 0 Å². The fourth-order valence-electron chi connectivity index (χ4n) is 1.93. The molecule has 0 radical (unpaired) electrons. The van der Waals surface area contributed by atoms with Crippen molar-refractivity contribution in [3.8, 4) is 5.69 Å². The summed E-state index contributed by atoms with van der Waals surface area (Å²) in [4.78, 5) is 1.61. The average molecular weight is 236 g/mol.